The van der Waals surface area contributed by atoms with Crippen LogP contribution in [0.4, 0.5) is 0 Å². The third-order valence-corrected chi connectivity index (χ3v) is 24.8. The van der Waals surface area contributed by atoms with Crippen molar-refractivity contribution >= 4 is 23.2 Å². The summed E-state index contributed by atoms with van der Waals surface area (Å²) >= 11 is 13.0. The molecule has 4 aromatic rings. The number of benzene rings is 4. The fourth-order valence-electron chi connectivity index (χ4n) is 16.2. The van der Waals surface area contributed by atoms with Gasteiger partial charge in [0.1, 0.15) is 0 Å². The van der Waals surface area contributed by atoms with E-state index in [1.165, 1.54) is 113 Å². The molecule has 0 aromatic heterocycles. The number of nitrogens with zero attached hydrogens (tertiary/aromatic N) is 9. The quantitative estimate of drug-likeness (QED) is 0.0409. The van der Waals surface area contributed by atoms with Gasteiger partial charge in [-0.15, -0.1) is 0 Å². The second-order valence-electron chi connectivity index (χ2n) is 44.3. The number of hydrogen-bond acceptors (Lipinski definition) is 11. The summed E-state index contributed by atoms with van der Waals surface area (Å²) in [4.78, 5) is 23.6. The highest BCUT2D eigenvalue weighted by Gasteiger charge is 2.42. The maximum Gasteiger partial charge on any atom is 0.0701 e. The van der Waals surface area contributed by atoms with Crippen LogP contribution in [0.3, 0.4) is 0 Å². The normalized spacial score (nSPS) is 17.4. The third kappa shape index (κ3) is 43.1. The molecule has 13 heteroatoms. The highest BCUT2D eigenvalue weighted by molar-refractivity contribution is 6.31. The Labute approximate surface area is 723 Å². The first kappa shape index (κ1) is 106. The monoisotopic (exact) mass is 1640 g/mol. The first-order valence-corrected chi connectivity index (χ1v) is 46.3. The number of rotatable bonds is 36. The molecule has 11 nitrogen and oxygen atoms in total. The number of ether oxygens (including phenoxy) is 2. The molecule has 0 saturated heterocycles. The maximum atomic E-state index is 6.49. The first-order valence-electron chi connectivity index (χ1n) is 45.5. The zero-order valence-electron chi connectivity index (χ0n) is 81.2. The largest absolute Gasteiger partial charge is 0.378 e. The first-order chi connectivity index (χ1) is 53.1. The van der Waals surface area contributed by atoms with E-state index in [1.807, 2.05) is 24.3 Å². The molecular formula is C102H183Cl2N9O2. The van der Waals surface area contributed by atoms with Crippen LogP contribution in [-0.4, -0.2) is 212 Å². The molecule has 0 N–H and O–H groups in total. The Hall–Kier alpha value is -2.98. The van der Waals surface area contributed by atoms with E-state index in [2.05, 4.69) is 358 Å². The van der Waals surface area contributed by atoms with Crippen molar-refractivity contribution in [2.45, 2.75) is 375 Å². The number of hydrogen-bond donors (Lipinski definition) is 0. The zero-order valence-corrected chi connectivity index (χ0v) is 82.7. The summed E-state index contributed by atoms with van der Waals surface area (Å²) in [5.41, 5.74) is 7.35. The van der Waals surface area contributed by atoms with Gasteiger partial charge in [-0.05, 0) is 307 Å². The van der Waals surface area contributed by atoms with Crippen molar-refractivity contribution < 1.29 is 9.47 Å². The highest BCUT2D eigenvalue weighted by atomic mass is 35.5. The molecule has 6 rings (SSSR count). The lowest BCUT2D eigenvalue weighted by atomic mass is 9.80. The number of likely N-dealkylation sites (N-methyl/N-ethyl adjacent to an activating group) is 3. The molecule has 115 heavy (non-hydrogen) atoms. The second kappa shape index (κ2) is 49.3. The van der Waals surface area contributed by atoms with Gasteiger partial charge in [0.05, 0.1) is 26.4 Å². The molecule has 0 amide bonds. The molecule has 0 radical (unpaired) electrons. The van der Waals surface area contributed by atoms with Crippen LogP contribution in [-0.2, 0) is 35.7 Å². The van der Waals surface area contributed by atoms with Crippen molar-refractivity contribution in [3.05, 3.63) is 141 Å². The van der Waals surface area contributed by atoms with E-state index in [9.17, 15) is 0 Å². The zero-order chi connectivity index (χ0) is 87.0. The average molecular weight is 1640 g/mol. The average Bonchev–Trinajstić information content (AvgIpc) is 0.785. The predicted molar refractivity (Wildman–Crippen MR) is 507 cm³/mol. The van der Waals surface area contributed by atoms with E-state index in [0.717, 1.165) is 120 Å². The van der Waals surface area contributed by atoms with Gasteiger partial charge in [-0.3, -0.25) is 39.2 Å². The molecule has 0 spiro atoms. The highest BCUT2D eigenvalue weighted by Crippen LogP contribution is 2.39. The Balaban J connectivity index is 0.000000403. The van der Waals surface area contributed by atoms with E-state index in [0.29, 0.717) is 36.1 Å². The van der Waals surface area contributed by atoms with Gasteiger partial charge < -0.3 is 14.4 Å². The Morgan fingerprint density at radius 3 is 0.852 bits per heavy atom. The summed E-state index contributed by atoms with van der Waals surface area (Å²) in [5.74, 6) is 1.51. The van der Waals surface area contributed by atoms with E-state index in [-0.39, 0.29) is 44.3 Å². The molecule has 0 unspecified atom stereocenters. The minimum atomic E-state index is 0.102. The maximum absolute atomic E-state index is 6.49. The fraction of sp³-hybridized carbons (Fsp3) is 0.765. The van der Waals surface area contributed by atoms with Crippen LogP contribution in [0.15, 0.2) is 109 Å². The molecule has 0 heterocycles. The minimum Gasteiger partial charge on any atom is -0.378 e. The molecule has 0 aliphatic heterocycles. The van der Waals surface area contributed by atoms with Crippen LogP contribution >= 0.6 is 23.2 Å². The topological polar surface area (TPSA) is 47.6 Å². The molecule has 2 atom stereocenters. The van der Waals surface area contributed by atoms with E-state index >= 15 is 0 Å². The summed E-state index contributed by atoms with van der Waals surface area (Å²) in [6.45, 7) is 98.1. The number of halogens is 2. The SMILES string of the molecule is CC(C)(C)CCN([C@@H]1CCCC[C@@H]1N(CCC(C)(C)C)C(C)(C)C)C(C)(C)C.CC(C)(C)N(CCOCCOCCN(Cc1ccccc1)C(C)(C)C)Cc1ccccc1.CC(C)(C)N(Cc1ccccc1Cl)CC1CCC(CN(Cc2ccccc2Cl)C(C)(C)C)CC1.CCN(CCN(CC)C(C)(C)C)CCN(CC)C(C)(C)C. The van der Waals surface area contributed by atoms with Gasteiger partial charge in [0, 0.05) is 145 Å². The summed E-state index contributed by atoms with van der Waals surface area (Å²) in [7, 11) is 0. The molecule has 662 valence electrons. The van der Waals surface area contributed by atoms with Crippen LogP contribution in [0.25, 0.3) is 0 Å². The van der Waals surface area contributed by atoms with Crippen LogP contribution in [0.5, 0.6) is 0 Å². The lowest BCUT2D eigenvalue weighted by Gasteiger charge is -2.53. The second-order valence-corrected chi connectivity index (χ2v) is 45.1. The van der Waals surface area contributed by atoms with Gasteiger partial charge in [0.15, 0.2) is 0 Å². The molecule has 2 aliphatic carbocycles. The van der Waals surface area contributed by atoms with Crippen molar-refractivity contribution in [2.75, 3.05) is 112 Å². The predicted octanol–water partition coefficient (Wildman–Crippen LogP) is 25.2. The van der Waals surface area contributed by atoms with Gasteiger partial charge in [-0.25, -0.2) is 0 Å². The summed E-state index contributed by atoms with van der Waals surface area (Å²) in [5, 5.41) is 1.75. The van der Waals surface area contributed by atoms with Crippen molar-refractivity contribution in [3.63, 3.8) is 0 Å². The molecular weight excluding hydrogens is 1450 g/mol. The smallest absolute Gasteiger partial charge is 0.0701 e. The molecule has 2 saturated carbocycles. The lowest BCUT2D eigenvalue weighted by molar-refractivity contribution is -0.0395. The summed E-state index contributed by atoms with van der Waals surface area (Å²) < 4.78 is 11.8. The van der Waals surface area contributed by atoms with Crippen LogP contribution in [0, 0.1) is 22.7 Å². The Morgan fingerprint density at radius 2 is 0.591 bits per heavy atom. The molecule has 4 aromatic carbocycles. The van der Waals surface area contributed by atoms with Gasteiger partial charge in [0.2, 0.25) is 0 Å². The Kier molecular flexibility index (Phi) is 45.6. The molecule has 2 fully saturated rings. The fourth-order valence-corrected chi connectivity index (χ4v) is 16.6. The van der Waals surface area contributed by atoms with Crippen LogP contribution < -0.4 is 0 Å². The van der Waals surface area contributed by atoms with Crippen molar-refractivity contribution in [2.24, 2.45) is 22.7 Å². The summed E-state index contributed by atoms with van der Waals surface area (Å²) in [6, 6.07) is 39.2. The van der Waals surface area contributed by atoms with E-state index in [1.54, 1.807) is 0 Å². The minimum absolute atomic E-state index is 0.102. The third-order valence-electron chi connectivity index (χ3n) is 24.1. The van der Waals surface area contributed by atoms with Crippen LogP contribution in [0.1, 0.15) is 315 Å². The summed E-state index contributed by atoms with van der Waals surface area (Å²) in [6.07, 6.45) is 13.3. The van der Waals surface area contributed by atoms with Gasteiger partial charge in [0.25, 0.3) is 0 Å². The Bertz CT molecular complexity index is 2970. The van der Waals surface area contributed by atoms with Crippen LogP contribution in [0.2, 0.25) is 10.0 Å². The van der Waals surface area contributed by atoms with E-state index in [4.69, 9.17) is 32.7 Å². The van der Waals surface area contributed by atoms with E-state index < -0.39 is 0 Å². The van der Waals surface area contributed by atoms with Crippen molar-refractivity contribution in [1.29, 1.82) is 0 Å². The standard InChI is InChI=1S/C30H44Cl2N2.C28H44N2O2.C26H54N2.C18H41N3/c1-29(2,3)33(21-25-11-7-9-13-27(25)31)19-23-15-17-24(18-16-23)20-34(30(4,5)6)22-26-12-8-10-14-28(26)32;1-27(2,3)29(23-25-13-9-7-10-14-25)17-19-31-21-22-32-20-18-30(28(4,5)6)24-26-15-11-8-12-16-26;1-23(2,3)17-19-27(25(7,8)9)21-15-13-14-16-22(21)28(26(10,11)12)20-18-24(4,5)6;1-10-19(13-15-20(11-2)17(4,5)6)14-16-21(12-3)18(7,8)9/h7-14,23-24H,15-22H2,1-6H3;7-16H,17-24H2,1-6H3;21-22H,13-20H2,1-12H3;10-16H2,1-9H3/t;;21-,22+;. The van der Waals surface area contributed by atoms with Gasteiger partial charge in [-0.1, -0.05) is 195 Å². The molecule has 2 aliphatic rings. The van der Waals surface area contributed by atoms with Crippen molar-refractivity contribution in [1.82, 2.24) is 44.1 Å². The van der Waals surface area contributed by atoms with Gasteiger partial charge >= 0.3 is 0 Å². The van der Waals surface area contributed by atoms with Crippen molar-refractivity contribution in [3.8, 4) is 0 Å². The lowest BCUT2D eigenvalue weighted by Crippen LogP contribution is -2.62. The molecule has 0 bridgehead atoms. The Morgan fingerprint density at radius 1 is 0.296 bits per heavy atom. The van der Waals surface area contributed by atoms with Gasteiger partial charge in [-0.2, -0.15) is 0 Å².